The number of nitrogen functional groups attached to an aromatic ring is 1. The van der Waals surface area contributed by atoms with Gasteiger partial charge in [-0.25, -0.2) is 4.39 Å². The highest BCUT2D eigenvalue weighted by atomic mass is 19.1. The van der Waals surface area contributed by atoms with E-state index >= 15 is 0 Å². The Morgan fingerprint density at radius 1 is 1.00 bits per heavy atom. The van der Waals surface area contributed by atoms with E-state index in [4.69, 9.17) is 15.2 Å². The smallest absolute Gasteiger partial charge is 0.146 e. The standard InChI is InChI=1S/C15H16FNO2/c1-2-18-12-4-6-13(7-5-12)19-10-11-3-8-15(17)14(16)9-11/h3-9H,2,10,17H2,1H3. The second kappa shape index (κ2) is 6.09. The van der Waals surface area contributed by atoms with E-state index in [1.807, 2.05) is 31.2 Å². The summed E-state index contributed by atoms with van der Waals surface area (Å²) in [5, 5.41) is 0. The molecule has 0 fully saturated rings. The van der Waals surface area contributed by atoms with Gasteiger partial charge in [0.25, 0.3) is 0 Å². The van der Waals surface area contributed by atoms with Crippen molar-refractivity contribution >= 4 is 5.69 Å². The molecule has 2 aromatic rings. The number of ether oxygens (including phenoxy) is 2. The lowest BCUT2D eigenvalue weighted by atomic mass is 10.2. The Labute approximate surface area is 111 Å². The van der Waals surface area contributed by atoms with Gasteiger partial charge in [-0.2, -0.15) is 0 Å². The van der Waals surface area contributed by atoms with Crippen LogP contribution in [0.3, 0.4) is 0 Å². The molecule has 0 amide bonds. The van der Waals surface area contributed by atoms with Crippen molar-refractivity contribution in [1.29, 1.82) is 0 Å². The van der Waals surface area contributed by atoms with Crippen LogP contribution in [0.1, 0.15) is 12.5 Å². The Bertz CT molecular complexity index is 540. The molecule has 2 aromatic carbocycles. The van der Waals surface area contributed by atoms with Crippen LogP contribution in [0.2, 0.25) is 0 Å². The van der Waals surface area contributed by atoms with E-state index in [0.717, 1.165) is 11.3 Å². The fourth-order valence-corrected chi connectivity index (χ4v) is 1.63. The molecule has 0 radical (unpaired) electrons. The number of nitrogens with two attached hydrogens (primary N) is 1. The van der Waals surface area contributed by atoms with Crippen LogP contribution in [0.5, 0.6) is 11.5 Å². The van der Waals surface area contributed by atoms with Gasteiger partial charge in [0.15, 0.2) is 0 Å². The Morgan fingerprint density at radius 3 is 2.21 bits per heavy atom. The van der Waals surface area contributed by atoms with Crippen molar-refractivity contribution < 1.29 is 13.9 Å². The van der Waals surface area contributed by atoms with Crippen molar-refractivity contribution in [3.63, 3.8) is 0 Å². The SMILES string of the molecule is CCOc1ccc(OCc2ccc(N)c(F)c2)cc1. The van der Waals surface area contributed by atoms with Gasteiger partial charge in [0.2, 0.25) is 0 Å². The van der Waals surface area contributed by atoms with E-state index < -0.39 is 5.82 Å². The third kappa shape index (κ3) is 3.61. The van der Waals surface area contributed by atoms with E-state index in [9.17, 15) is 4.39 Å². The maximum Gasteiger partial charge on any atom is 0.146 e. The quantitative estimate of drug-likeness (QED) is 0.839. The largest absolute Gasteiger partial charge is 0.494 e. The summed E-state index contributed by atoms with van der Waals surface area (Å²) in [6.45, 7) is 2.86. The first kappa shape index (κ1) is 13.2. The summed E-state index contributed by atoms with van der Waals surface area (Å²) in [5.74, 6) is 1.09. The van der Waals surface area contributed by atoms with Gasteiger partial charge in [0, 0.05) is 0 Å². The minimum absolute atomic E-state index is 0.143. The van der Waals surface area contributed by atoms with Crippen LogP contribution in [0.25, 0.3) is 0 Å². The zero-order valence-electron chi connectivity index (χ0n) is 10.7. The normalized spacial score (nSPS) is 10.2. The topological polar surface area (TPSA) is 44.5 Å². The van der Waals surface area contributed by atoms with Crippen molar-refractivity contribution in [2.24, 2.45) is 0 Å². The predicted molar refractivity (Wildman–Crippen MR) is 72.8 cm³/mol. The van der Waals surface area contributed by atoms with E-state index in [1.54, 1.807) is 6.07 Å². The van der Waals surface area contributed by atoms with E-state index in [0.29, 0.717) is 19.0 Å². The highest BCUT2D eigenvalue weighted by Crippen LogP contribution is 2.19. The summed E-state index contributed by atoms with van der Waals surface area (Å²) in [7, 11) is 0. The van der Waals surface area contributed by atoms with Gasteiger partial charge >= 0.3 is 0 Å². The molecule has 0 saturated heterocycles. The van der Waals surface area contributed by atoms with E-state index in [2.05, 4.69) is 0 Å². The molecule has 0 atom stereocenters. The second-order valence-corrected chi connectivity index (χ2v) is 4.05. The van der Waals surface area contributed by atoms with Crippen LogP contribution in [-0.2, 0) is 6.61 Å². The van der Waals surface area contributed by atoms with E-state index in [1.165, 1.54) is 12.1 Å². The van der Waals surface area contributed by atoms with Gasteiger partial charge in [-0.15, -0.1) is 0 Å². The fraction of sp³-hybridized carbons (Fsp3) is 0.200. The summed E-state index contributed by atoms with van der Waals surface area (Å²) >= 11 is 0. The van der Waals surface area contributed by atoms with Crippen molar-refractivity contribution in [2.45, 2.75) is 13.5 Å². The summed E-state index contributed by atoms with van der Waals surface area (Å²) in [6.07, 6.45) is 0. The summed E-state index contributed by atoms with van der Waals surface area (Å²) in [5.41, 5.74) is 6.29. The molecule has 0 unspecified atom stereocenters. The second-order valence-electron chi connectivity index (χ2n) is 4.05. The molecule has 0 aromatic heterocycles. The predicted octanol–water partition coefficient (Wildman–Crippen LogP) is 3.39. The Balaban J connectivity index is 1.96. The molecule has 4 heteroatoms. The molecule has 0 aliphatic heterocycles. The minimum Gasteiger partial charge on any atom is -0.494 e. The molecule has 0 saturated carbocycles. The molecule has 100 valence electrons. The van der Waals surface area contributed by atoms with Crippen LogP contribution in [0, 0.1) is 5.82 Å². The zero-order valence-corrected chi connectivity index (χ0v) is 10.7. The number of hydrogen-bond acceptors (Lipinski definition) is 3. The molecule has 3 nitrogen and oxygen atoms in total. The fourth-order valence-electron chi connectivity index (χ4n) is 1.63. The maximum absolute atomic E-state index is 13.2. The molecule has 0 spiro atoms. The third-order valence-electron chi connectivity index (χ3n) is 2.61. The molecule has 2 rings (SSSR count). The summed E-state index contributed by atoms with van der Waals surface area (Å²) in [4.78, 5) is 0. The molecule has 0 bridgehead atoms. The lowest BCUT2D eigenvalue weighted by Crippen LogP contribution is -1.98. The monoisotopic (exact) mass is 261 g/mol. The van der Waals surface area contributed by atoms with Gasteiger partial charge in [0.1, 0.15) is 23.9 Å². The van der Waals surface area contributed by atoms with Crippen LogP contribution in [0.4, 0.5) is 10.1 Å². The van der Waals surface area contributed by atoms with Gasteiger partial charge in [-0.3, -0.25) is 0 Å². The Kier molecular flexibility index (Phi) is 4.23. The minimum atomic E-state index is -0.423. The number of anilines is 1. The van der Waals surface area contributed by atoms with Crippen molar-refractivity contribution in [3.05, 3.63) is 53.8 Å². The molecule has 2 N–H and O–H groups in total. The van der Waals surface area contributed by atoms with Crippen molar-refractivity contribution in [3.8, 4) is 11.5 Å². The van der Waals surface area contributed by atoms with Crippen LogP contribution < -0.4 is 15.2 Å². The average molecular weight is 261 g/mol. The number of hydrogen-bond donors (Lipinski definition) is 1. The van der Waals surface area contributed by atoms with Crippen molar-refractivity contribution in [1.82, 2.24) is 0 Å². The lowest BCUT2D eigenvalue weighted by molar-refractivity contribution is 0.303. The van der Waals surface area contributed by atoms with Gasteiger partial charge in [-0.1, -0.05) is 6.07 Å². The first-order valence-electron chi connectivity index (χ1n) is 6.08. The van der Waals surface area contributed by atoms with Crippen LogP contribution in [-0.4, -0.2) is 6.61 Å². The highest BCUT2D eigenvalue weighted by molar-refractivity contribution is 5.41. The number of halogens is 1. The van der Waals surface area contributed by atoms with Gasteiger partial charge < -0.3 is 15.2 Å². The van der Waals surface area contributed by atoms with E-state index in [-0.39, 0.29) is 5.69 Å². The summed E-state index contributed by atoms with van der Waals surface area (Å²) in [6, 6.07) is 12.0. The maximum atomic E-state index is 13.2. The molecule has 0 aliphatic rings. The number of benzene rings is 2. The summed E-state index contributed by atoms with van der Waals surface area (Å²) < 4.78 is 24.1. The van der Waals surface area contributed by atoms with Gasteiger partial charge in [0.05, 0.1) is 12.3 Å². The van der Waals surface area contributed by atoms with Crippen LogP contribution in [0.15, 0.2) is 42.5 Å². The first-order valence-corrected chi connectivity index (χ1v) is 6.08. The Morgan fingerprint density at radius 2 is 1.63 bits per heavy atom. The Hall–Kier alpha value is -2.23. The highest BCUT2D eigenvalue weighted by Gasteiger charge is 2.01. The molecular weight excluding hydrogens is 245 g/mol. The third-order valence-corrected chi connectivity index (χ3v) is 2.61. The zero-order chi connectivity index (χ0) is 13.7. The van der Waals surface area contributed by atoms with Gasteiger partial charge in [-0.05, 0) is 48.9 Å². The number of rotatable bonds is 5. The average Bonchev–Trinajstić information content (AvgIpc) is 2.42. The van der Waals surface area contributed by atoms with Crippen LogP contribution >= 0.6 is 0 Å². The molecule has 19 heavy (non-hydrogen) atoms. The van der Waals surface area contributed by atoms with Crippen molar-refractivity contribution in [2.75, 3.05) is 12.3 Å². The molecule has 0 heterocycles. The lowest BCUT2D eigenvalue weighted by Gasteiger charge is -2.08. The molecule has 0 aliphatic carbocycles. The first-order chi connectivity index (χ1) is 9.19. The molecular formula is C15H16FNO2.